The van der Waals surface area contributed by atoms with Crippen LogP contribution < -0.4 is 4.90 Å². The molecule has 0 spiro atoms. The van der Waals surface area contributed by atoms with Crippen molar-refractivity contribution in [3.8, 4) is 33.4 Å². The van der Waals surface area contributed by atoms with Gasteiger partial charge in [0.15, 0.2) is 0 Å². The molecule has 2 aliphatic rings. The van der Waals surface area contributed by atoms with Gasteiger partial charge in [-0.1, -0.05) is 188 Å². The van der Waals surface area contributed by atoms with E-state index in [-0.39, 0.29) is 16.2 Å². The lowest BCUT2D eigenvalue weighted by atomic mass is 9.80. The Kier molecular flexibility index (Phi) is 7.58. The van der Waals surface area contributed by atoms with Crippen molar-refractivity contribution in [1.82, 2.24) is 0 Å². The molecule has 9 aromatic carbocycles. The zero-order valence-electron chi connectivity index (χ0n) is 35.1. The first kappa shape index (κ1) is 35.7. The first-order valence-electron chi connectivity index (χ1n) is 21.2. The summed E-state index contributed by atoms with van der Waals surface area (Å²) in [5.41, 5.74) is 18.0. The van der Waals surface area contributed by atoms with Gasteiger partial charge in [0.05, 0.1) is 11.4 Å². The molecule has 1 heteroatoms. The summed E-state index contributed by atoms with van der Waals surface area (Å²) in [6.07, 6.45) is 0. The topological polar surface area (TPSA) is 3.24 Å². The molecular formula is C58H49N. The lowest BCUT2D eigenvalue weighted by molar-refractivity contribution is 0.596. The molecule has 0 saturated heterocycles. The van der Waals surface area contributed by atoms with E-state index in [0.717, 1.165) is 5.69 Å². The molecule has 0 amide bonds. The van der Waals surface area contributed by atoms with E-state index >= 15 is 0 Å². The van der Waals surface area contributed by atoms with Gasteiger partial charge < -0.3 is 4.90 Å². The monoisotopic (exact) mass is 759 g/mol. The van der Waals surface area contributed by atoms with Crippen LogP contribution in [0.3, 0.4) is 0 Å². The lowest BCUT2D eigenvalue weighted by Gasteiger charge is -2.32. The Labute approximate surface area is 348 Å². The maximum Gasteiger partial charge on any atom is 0.0546 e. The standard InChI is InChI=1S/C58H49N/c1-56(2,3)48-31-33-52(44-22-13-12-20-42(44)48)59(39-27-30-51-47(35-39)45-28-24-37-17-9-11-19-41(37)55(45)58(51,6)7)53-32-26-36-16-8-10-18-40(36)54(53)38-25-29-50-46(34-38)43-21-14-15-23-49(43)57(50,4)5/h8-35H,1-7H3. The predicted octanol–water partition coefficient (Wildman–Crippen LogP) is 16.2. The smallest absolute Gasteiger partial charge is 0.0546 e. The summed E-state index contributed by atoms with van der Waals surface area (Å²) in [5.74, 6) is 0. The highest BCUT2D eigenvalue weighted by molar-refractivity contribution is 6.09. The predicted molar refractivity (Wildman–Crippen MR) is 253 cm³/mol. The first-order chi connectivity index (χ1) is 28.4. The largest absolute Gasteiger partial charge is 0.309 e. The molecule has 11 rings (SSSR count). The first-order valence-corrected chi connectivity index (χ1v) is 21.2. The third-order valence-electron chi connectivity index (χ3n) is 13.7. The minimum Gasteiger partial charge on any atom is -0.309 e. The second-order valence-electron chi connectivity index (χ2n) is 18.9. The molecule has 2 aliphatic carbocycles. The van der Waals surface area contributed by atoms with E-state index in [2.05, 4.69) is 223 Å². The SMILES string of the molecule is CC(C)(C)c1ccc(N(c2ccc3c(c2)-c2ccc4ccccc4c2C3(C)C)c2ccc3ccccc3c2-c2ccc3c(c2)-c2ccccc2C3(C)C)c2ccccc12. The highest BCUT2D eigenvalue weighted by Crippen LogP contribution is 2.55. The minimum absolute atomic E-state index is 0.0167. The minimum atomic E-state index is -0.140. The Morgan fingerprint density at radius 1 is 0.407 bits per heavy atom. The number of nitrogens with zero attached hydrogens (tertiary/aromatic N) is 1. The van der Waals surface area contributed by atoms with Crippen molar-refractivity contribution < 1.29 is 0 Å². The molecule has 59 heavy (non-hydrogen) atoms. The van der Waals surface area contributed by atoms with Crippen molar-refractivity contribution >= 4 is 49.4 Å². The molecule has 0 atom stereocenters. The normalized spacial score (nSPS) is 14.6. The van der Waals surface area contributed by atoms with Crippen LogP contribution in [0.4, 0.5) is 17.1 Å². The zero-order valence-corrected chi connectivity index (χ0v) is 35.1. The van der Waals surface area contributed by atoms with Gasteiger partial charge >= 0.3 is 0 Å². The molecule has 286 valence electrons. The summed E-state index contributed by atoms with van der Waals surface area (Å²) >= 11 is 0. The summed E-state index contributed by atoms with van der Waals surface area (Å²) < 4.78 is 0. The van der Waals surface area contributed by atoms with Crippen LogP contribution in [-0.4, -0.2) is 0 Å². The summed E-state index contributed by atoms with van der Waals surface area (Å²) in [6, 6.07) is 64.4. The summed E-state index contributed by atoms with van der Waals surface area (Å²) in [6.45, 7) is 16.5. The highest BCUT2D eigenvalue weighted by Gasteiger charge is 2.38. The summed E-state index contributed by atoms with van der Waals surface area (Å²) in [5, 5.41) is 7.65. The summed E-state index contributed by atoms with van der Waals surface area (Å²) in [4.78, 5) is 2.56. The van der Waals surface area contributed by atoms with Crippen molar-refractivity contribution in [2.75, 3.05) is 4.90 Å². The van der Waals surface area contributed by atoms with Crippen molar-refractivity contribution in [2.24, 2.45) is 0 Å². The van der Waals surface area contributed by atoms with Crippen molar-refractivity contribution in [3.05, 3.63) is 198 Å². The number of hydrogen-bond donors (Lipinski definition) is 0. The Balaban J connectivity index is 1.22. The fourth-order valence-electron chi connectivity index (χ4n) is 10.9. The Morgan fingerprint density at radius 3 is 1.76 bits per heavy atom. The second-order valence-corrected chi connectivity index (χ2v) is 18.9. The number of rotatable bonds is 4. The lowest BCUT2D eigenvalue weighted by Crippen LogP contribution is -2.17. The molecule has 0 fully saturated rings. The number of benzene rings is 9. The van der Waals surface area contributed by atoms with E-state index < -0.39 is 0 Å². The van der Waals surface area contributed by atoms with Gasteiger partial charge in [-0.3, -0.25) is 0 Å². The van der Waals surface area contributed by atoms with E-state index in [4.69, 9.17) is 0 Å². The van der Waals surface area contributed by atoms with Crippen LogP contribution in [0.1, 0.15) is 76.3 Å². The zero-order chi connectivity index (χ0) is 40.4. The molecular weight excluding hydrogens is 711 g/mol. The van der Waals surface area contributed by atoms with Crippen LogP contribution in [0.15, 0.2) is 170 Å². The van der Waals surface area contributed by atoms with Gasteiger partial charge in [-0.15, -0.1) is 0 Å². The van der Waals surface area contributed by atoms with Crippen LogP contribution in [0.2, 0.25) is 0 Å². The van der Waals surface area contributed by atoms with Gasteiger partial charge in [0.2, 0.25) is 0 Å². The molecule has 0 bridgehead atoms. The molecule has 0 radical (unpaired) electrons. The molecule has 0 heterocycles. The van der Waals surface area contributed by atoms with E-state index in [0.29, 0.717) is 0 Å². The Bertz CT molecular complexity index is 3210. The highest BCUT2D eigenvalue weighted by atomic mass is 15.1. The van der Waals surface area contributed by atoms with Gasteiger partial charge in [-0.05, 0) is 118 Å². The van der Waals surface area contributed by atoms with E-state index in [9.17, 15) is 0 Å². The van der Waals surface area contributed by atoms with Crippen molar-refractivity contribution in [2.45, 2.75) is 64.7 Å². The Morgan fingerprint density at radius 2 is 0.983 bits per heavy atom. The van der Waals surface area contributed by atoms with Crippen LogP contribution in [0, 0.1) is 0 Å². The average Bonchev–Trinajstić information content (AvgIpc) is 3.62. The van der Waals surface area contributed by atoms with Crippen LogP contribution >= 0.6 is 0 Å². The fraction of sp³-hybridized carbons (Fsp3) is 0.172. The molecule has 0 aromatic heterocycles. The van der Waals surface area contributed by atoms with Gasteiger partial charge in [-0.2, -0.15) is 0 Å². The number of fused-ring (bicyclic) bond motifs is 10. The number of hydrogen-bond acceptors (Lipinski definition) is 1. The van der Waals surface area contributed by atoms with Gasteiger partial charge in [-0.25, -0.2) is 0 Å². The molecule has 1 nitrogen and oxygen atoms in total. The quantitative estimate of drug-likeness (QED) is 0.173. The molecule has 9 aromatic rings. The maximum atomic E-state index is 2.56. The molecule has 0 unspecified atom stereocenters. The van der Waals surface area contributed by atoms with Gasteiger partial charge in [0.25, 0.3) is 0 Å². The van der Waals surface area contributed by atoms with Crippen molar-refractivity contribution in [1.29, 1.82) is 0 Å². The Hall–Kier alpha value is -6.44. The average molecular weight is 760 g/mol. The maximum absolute atomic E-state index is 2.56. The van der Waals surface area contributed by atoms with Crippen LogP contribution in [-0.2, 0) is 16.2 Å². The van der Waals surface area contributed by atoms with Crippen LogP contribution in [0.25, 0.3) is 65.7 Å². The summed E-state index contributed by atoms with van der Waals surface area (Å²) in [7, 11) is 0. The fourth-order valence-corrected chi connectivity index (χ4v) is 10.9. The van der Waals surface area contributed by atoms with Crippen LogP contribution in [0.5, 0.6) is 0 Å². The van der Waals surface area contributed by atoms with Crippen molar-refractivity contribution in [3.63, 3.8) is 0 Å². The molecule has 0 N–H and O–H groups in total. The molecule has 0 aliphatic heterocycles. The third-order valence-corrected chi connectivity index (χ3v) is 13.7. The van der Waals surface area contributed by atoms with E-state index in [1.807, 2.05) is 0 Å². The van der Waals surface area contributed by atoms with Gasteiger partial charge in [0.1, 0.15) is 0 Å². The molecule has 0 saturated carbocycles. The van der Waals surface area contributed by atoms with E-state index in [1.165, 1.54) is 105 Å². The number of anilines is 3. The van der Waals surface area contributed by atoms with Gasteiger partial charge in [0, 0.05) is 27.5 Å². The third kappa shape index (κ3) is 5.17. The second kappa shape index (κ2) is 12.5. The van der Waals surface area contributed by atoms with E-state index in [1.54, 1.807) is 0 Å².